The van der Waals surface area contributed by atoms with Crippen LogP contribution in [0.4, 0.5) is 0 Å². The van der Waals surface area contributed by atoms with E-state index in [1.807, 2.05) is 13.0 Å². The van der Waals surface area contributed by atoms with Gasteiger partial charge in [0.25, 0.3) is 0 Å². The van der Waals surface area contributed by atoms with Crippen LogP contribution >= 0.6 is 0 Å². The average Bonchev–Trinajstić information content (AvgIpc) is 3.02. The second-order valence-corrected chi connectivity index (χ2v) is 7.18. The fourth-order valence-corrected chi connectivity index (χ4v) is 3.70. The van der Waals surface area contributed by atoms with Gasteiger partial charge >= 0.3 is 5.97 Å². The highest BCUT2D eigenvalue weighted by Gasteiger charge is 2.28. The second-order valence-electron chi connectivity index (χ2n) is 7.18. The van der Waals surface area contributed by atoms with Gasteiger partial charge in [-0.25, -0.2) is 9.79 Å². The molecule has 0 saturated heterocycles. The van der Waals surface area contributed by atoms with Crippen LogP contribution in [0.3, 0.4) is 0 Å². The second kappa shape index (κ2) is 7.50. The fraction of sp³-hybridized carbons (Fsp3) is 0.304. The van der Waals surface area contributed by atoms with Gasteiger partial charge in [0.05, 0.1) is 12.3 Å². The fourth-order valence-electron chi connectivity index (χ4n) is 3.70. The van der Waals surface area contributed by atoms with E-state index in [4.69, 9.17) is 4.74 Å². The van der Waals surface area contributed by atoms with Crippen LogP contribution in [0.15, 0.2) is 46.3 Å². The number of rotatable bonds is 4. The van der Waals surface area contributed by atoms with Crippen LogP contribution < -0.4 is 0 Å². The number of aromatic nitrogens is 1. The minimum atomic E-state index is -0.551. The van der Waals surface area contributed by atoms with Crippen LogP contribution in [0, 0.1) is 27.7 Å². The molecular formula is C23H26N2O3. The van der Waals surface area contributed by atoms with Crippen LogP contribution in [0.25, 0.3) is 11.8 Å². The van der Waals surface area contributed by atoms with E-state index < -0.39 is 5.97 Å². The first-order chi connectivity index (χ1) is 13.2. The van der Waals surface area contributed by atoms with Crippen LogP contribution in [-0.4, -0.2) is 28.0 Å². The Kier molecular flexibility index (Phi) is 5.27. The van der Waals surface area contributed by atoms with Gasteiger partial charge in [-0.05, 0) is 82.5 Å². The molecule has 0 atom stereocenters. The molecule has 2 heterocycles. The Morgan fingerprint density at radius 2 is 1.75 bits per heavy atom. The SMILES string of the molecule is CCOC(=O)C1=C(O)/C(=C\c2cc(C)n(-c3cc(C)cc(C)c3)c2C)N=C1C. The summed E-state index contributed by atoms with van der Waals surface area (Å²) in [6.45, 7) is 11.9. The predicted octanol–water partition coefficient (Wildman–Crippen LogP) is 4.90. The molecule has 1 aromatic carbocycles. The topological polar surface area (TPSA) is 63.8 Å². The van der Waals surface area contributed by atoms with Gasteiger partial charge in [-0.2, -0.15) is 0 Å². The van der Waals surface area contributed by atoms with Gasteiger partial charge in [0.1, 0.15) is 11.3 Å². The van der Waals surface area contributed by atoms with Crippen molar-refractivity contribution in [1.82, 2.24) is 4.57 Å². The summed E-state index contributed by atoms with van der Waals surface area (Å²) in [5.41, 5.74) is 7.57. The number of benzene rings is 1. The zero-order valence-electron chi connectivity index (χ0n) is 17.3. The van der Waals surface area contributed by atoms with Gasteiger partial charge in [-0.15, -0.1) is 0 Å². The Balaban J connectivity index is 2.06. The maximum Gasteiger partial charge on any atom is 0.343 e. The third-order valence-electron chi connectivity index (χ3n) is 4.84. The molecule has 0 fully saturated rings. The lowest BCUT2D eigenvalue weighted by atomic mass is 10.1. The van der Waals surface area contributed by atoms with Crippen LogP contribution in [0.5, 0.6) is 0 Å². The smallest absolute Gasteiger partial charge is 0.343 e. The molecule has 0 bridgehead atoms. The number of carbonyl (C=O) groups is 1. The highest BCUT2D eigenvalue weighted by Crippen LogP contribution is 2.29. The first-order valence-electron chi connectivity index (χ1n) is 9.38. The third kappa shape index (κ3) is 3.52. The number of carbonyl (C=O) groups excluding carboxylic acids is 1. The van der Waals surface area contributed by atoms with Crippen molar-refractivity contribution in [3.63, 3.8) is 0 Å². The van der Waals surface area contributed by atoms with Crippen molar-refractivity contribution in [2.24, 2.45) is 4.99 Å². The molecule has 5 nitrogen and oxygen atoms in total. The Morgan fingerprint density at radius 3 is 2.36 bits per heavy atom. The summed E-state index contributed by atoms with van der Waals surface area (Å²) in [7, 11) is 0. The highest BCUT2D eigenvalue weighted by atomic mass is 16.5. The highest BCUT2D eigenvalue weighted by molar-refractivity contribution is 6.22. The molecule has 0 unspecified atom stereocenters. The molecule has 1 N–H and O–H groups in total. The zero-order valence-corrected chi connectivity index (χ0v) is 17.3. The van der Waals surface area contributed by atoms with E-state index in [-0.39, 0.29) is 17.9 Å². The molecule has 1 aliphatic heterocycles. The molecule has 0 radical (unpaired) electrons. The van der Waals surface area contributed by atoms with Gasteiger partial charge in [-0.3, -0.25) is 0 Å². The number of aliphatic imine (C=N–C) groups is 1. The van der Waals surface area contributed by atoms with E-state index in [1.54, 1.807) is 13.8 Å². The minimum Gasteiger partial charge on any atom is -0.505 e. The predicted molar refractivity (Wildman–Crippen MR) is 112 cm³/mol. The lowest BCUT2D eigenvalue weighted by Gasteiger charge is -2.12. The molecule has 1 aliphatic rings. The molecule has 0 spiro atoms. The first kappa shape index (κ1) is 19.7. The van der Waals surface area contributed by atoms with Crippen LogP contribution in [0.1, 0.15) is 41.9 Å². The number of hydrogen-bond acceptors (Lipinski definition) is 4. The van der Waals surface area contributed by atoms with Gasteiger partial charge in [-0.1, -0.05) is 6.07 Å². The van der Waals surface area contributed by atoms with Crippen molar-refractivity contribution >= 4 is 17.8 Å². The maximum atomic E-state index is 12.1. The molecule has 0 aliphatic carbocycles. The minimum absolute atomic E-state index is 0.132. The van der Waals surface area contributed by atoms with Crippen molar-refractivity contribution in [3.8, 4) is 5.69 Å². The van der Waals surface area contributed by atoms with E-state index in [0.29, 0.717) is 11.4 Å². The van der Waals surface area contributed by atoms with Crippen molar-refractivity contribution in [2.75, 3.05) is 6.61 Å². The Bertz CT molecular complexity index is 1030. The van der Waals surface area contributed by atoms with Crippen molar-refractivity contribution in [2.45, 2.75) is 41.5 Å². The van der Waals surface area contributed by atoms with Gasteiger partial charge in [0.2, 0.25) is 0 Å². The average molecular weight is 378 g/mol. The van der Waals surface area contributed by atoms with Crippen molar-refractivity contribution in [3.05, 3.63) is 69.4 Å². The Hall–Kier alpha value is -3.08. The monoisotopic (exact) mass is 378 g/mol. The lowest BCUT2D eigenvalue weighted by molar-refractivity contribution is -0.138. The molecule has 146 valence electrons. The Morgan fingerprint density at radius 1 is 1.11 bits per heavy atom. The van der Waals surface area contributed by atoms with Crippen molar-refractivity contribution in [1.29, 1.82) is 0 Å². The number of ether oxygens (including phenoxy) is 1. The van der Waals surface area contributed by atoms with E-state index in [9.17, 15) is 9.90 Å². The van der Waals surface area contributed by atoms with E-state index >= 15 is 0 Å². The van der Waals surface area contributed by atoms with Crippen LogP contribution in [-0.2, 0) is 9.53 Å². The number of esters is 1. The quantitative estimate of drug-likeness (QED) is 0.770. The molecule has 5 heteroatoms. The normalized spacial score (nSPS) is 15.4. The number of aliphatic hydroxyl groups excluding tert-OH is 1. The summed E-state index contributed by atoms with van der Waals surface area (Å²) in [5, 5.41) is 10.5. The lowest BCUT2D eigenvalue weighted by Crippen LogP contribution is -2.13. The van der Waals surface area contributed by atoms with Gasteiger partial charge in [0, 0.05) is 17.1 Å². The van der Waals surface area contributed by atoms with Crippen LogP contribution in [0.2, 0.25) is 0 Å². The van der Waals surface area contributed by atoms with Crippen molar-refractivity contribution < 1.29 is 14.6 Å². The zero-order chi connectivity index (χ0) is 20.6. The summed E-state index contributed by atoms with van der Waals surface area (Å²) in [5.74, 6) is -0.683. The van der Waals surface area contributed by atoms with E-state index in [2.05, 4.69) is 54.6 Å². The summed E-state index contributed by atoms with van der Waals surface area (Å²) in [6.07, 6.45) is 1.81. The Labute approximate surface area is 165 Å². The largest absolute Gasteiger partial charge is 0.505 e. The summed E-state index contributed by atoms with van der Waals surface area (Å²) in [6, 6.07) is 8.51. The molecule has 3 rings (SSSR count). The summed E-state index contributed by atoms with van der Waals surface area (Å²) in [4.78, 5) is 16.5. The molecular weight excluding hydrogens is 352 g/mol. The maximum absolute atomic E-state index is 12.1. The van der Waals surface area contributed by atoms with Gasteiger partial charge in [0.15, 0.2) is 5.76 Å². The van der Waals surface area contributed by atoms with Gasteiger partial charge < -0.3 is 14.4 Å². The van der Waals surface area contributed by atoms with E-state index in [1.165, 1.54) is 11.1 Å². The van der Waals surface area contributed by atoms with E-state index in [0.717, 1.165) is 22.6 Å². The summed E-state index contributed by atoms with van der Waals surface area (Å²) < 4.78 is 7.21. The molecule has 2 aromatic rings. The first-order valence-corrected chi connectivity index (χ1v) is 9.38. The number of hydrogen-bond donors (Lipinski definition) is 1. The standard InChI is InChI=1S/C23H26N2O3/c1-7-28-23(27)21-16(5)24-20(22(21)26)12-18-11-15(4)25(17(18)6)19-9-13(2)8-14(3)10-19/h8-12,26H,7H2,1-6H3/b20-12+. The number of aryl methyl sites for hydroxylation is 3. The summed E-state index contributed by atoms with van der Waals surface area (Å²) >= 11 is 0. The third-order valence-corrected chi connectivity index (χ3v) is 4.84. The number of aliphatic hydroxyl groups is 1. The number of nitrogens with zero attached hydrogens (tertiary/aromatic N) is 2. The molecule has 0 saturated carbocycles. The molecule has 0 amide bonds. The molecule has 1 aromatic heterocycles. The molecule has 28 heavy (non-hydrogen) atoms.